The topological polar surface area (TPSA) is 87.7 Å². The van der Waals surface area contributed by atoms with Crippen LogP contribution in [0.5, 0.6) is 0 Å². The Balaban J connectivity index is 1.72. The number of aromatic amines is 1. The molecule has 0 radical (unpaired) electrons. The molecule has 0 aromatic carbocycles. The summed E-state index contributed by atoms with van der Waals surface area (Å²) in [6.07, 6.45) is 3.13. The van der Waals surface area contributed by atoms with Crippen LogP contribution in [0, 0.1) is 18.7 Å². The molecule has 1 fully saturated rings. The fourth-order valence-electron chi connectivity index (χ4n) is 2.79. The van der Waals surface area contributed by atoms with E-state index in [4.69, 9.17) is 0 Å². The monoisotopic (exact) mass is 356 g/mol. The molecule has 1 saturated carbocycles. The minimum Gasteiger partial charge on any atom is -0.321 e. The number of halogens is 2. The van der Waals surface area contributed by atoms with Gasteiger partial charge in [-0.15, -0.1) is 0 Å². The summed E-state index contributed by atoms with van der Waals surface area (Å²) in [4.78, 5) is 34.8. The van der Waals surface area contributed by atoms with Crippen LogP contribution in [0.15, 0.2) is 35.5 Å². The maximum atomic E-state index is 13.7. The number of amides is 1. The van der Waals surface area contributed by atoms with Crippen molar-refractivity contribution >= 4 is 22.6 Å². The Bertz CT molecular complexity index is 1100. The molecule has 0 saturated heterocycles. The van der Waals surface area contributed by atoms with E-state index in [2.05, 4.69) is 20.3 Å². The molecule has 132 valence electrons. The van der Waals surface area contributed by atoms with E-state index in [0.29, 0.717) is 22.0 Å². The molecule has 1 aliphatic carbocycles. The molecule has 8 heteroatoms. The zero-order chi connectivity index (χ0) is 18.4. The molecule has 1 aliphatic rings. The number of carbonyl (C=O) groups excluding carboxylic acids is 1. The van der Waals surface area contributed by atoms with Gasteiger partial charge in [-0.3, -0.25) is 14.6 Å². The smallest absolute Gasteiger partial charge is 0.256 e. The number of pyridine rings is 3. The summed E-state index contributed by atoms with van der Waals surface area (Å²) in [7, 11) is 0. The van der Waals surface area contributed by atoms with Crippen molar-refractivity contribution in [1.29, 1.82) is 0 Å². The number of fused-ring (bicyclic) bond motifs is 1. The Kier molecular flexibility index (Phi) is 3.75. The summed E-state index contributed by atoms with van der Waals surface area (Å²) in [5.41, 5.74) is 1.04. The lowest BCUT2D eigenvalue weighted by Gasteiger charge is -2.08. The predicted octanol–water partition coefficient (Wildman–Crippen LogP) is 2.73. The molecule has 0 bridgehead atoms. The van der Waals surface area contributed by atoms with E-state index >= 15 is 0 Å². The molecule has 0 aliphatic heterocycles. The van der Waals surface area contributed by atoms with Gasteiger partial charge in [0.15, 0.2) is 0 Å². The summed E-state index contributed by atoms with van der Waals surface area (Å²) in [6, 6.07) is 3.10. The molecule has 2 atom stereocenters. The summed E-state index contributed by atoms with van der Waals surface area (Å²) < 4.78 is 26.7. The average Bonchev–Trinajstić information content (AvgIpc) is 3.34. The number of aromatic nitrogens is 3. The average molecular weight is 356 g/mol. The van der Waals surface area contributed by atoms with E-state index in [1.807, 2.05) is 0 Å². The Morgan fingerprint density at radius 1 is 1.27 bits per heavy atom. The highest BCUT2D eigenvalue weighted by molar-refractivity contribution is 5.95. The fourth-order valence-corrected chi connectivity index (χ4v) is 2.79. The SMILES string of the molecule is Cc1c(F)cncc1-c1cc2cnc(NC(=O)C3CC3F)cc2[nH]c1=O. The van der Waals surface area contributed by atoms with E-state index in [1.54, 1.807) is 13.0 Å². The molecule has 1 amide bonds. The van der Waals surface area contributed by atoms with Crippen LogP contribution in [0.25, 0.3) is 22.0 Å². The molecule has 2 N–H and O–H groups in total. The maximum absolute atomic E-state index is 13.7. The van der Waals surface area contributed by atoms with Crippen molar-refractivity contribution in [3.8, 4) is 11.1 Å². The fraction of sp³-hybridized carbons (Fsp3) is 0.222. The molecule has 3 aromatic rings. The van der Waals surface area contributed by atoms with E-state index in [1.165, 1.54) is 18.5 Å². The Morgan fingerprint density at radius 3 is 2.77 bits per heavy atom. The van der Waals surface area contributed by atoms with Gasteiger partial charge >= 0.3 is 0 Å². The van der Waals surface area contributed by atoms with Gasteiger partial charge in [-0.05, 0) is 25.0 Å². The van der Waals surface area contributed by atoms with Gasteiger partial charge in [0, 0.05) is 35.0 Å². The van der Waals surface area contributed by atoms with Gasteiger partial charge in [0.1, 0.15) is 17.8 Å². The minimum absolute atomic E-state index is 0.223. The van der Waals surface area contributed by atoms with Crippen LogP contribution in [0.2, 0.25) is 0 Å². The molecule has 4 rings (SSSR count). The highest BCUT2D eigenvalue weighted by Gasteiger charge is 2.43. The first-order valence-corrected chi connectivity index (χ1v) is 8.02. The van der Waals surface area contributed by atoms with Crippen LogP contribution < -0.4 is 10.9 Å². The first kappa shape index (κ1) is 16.3. The number of nitrogens with zero attached hydrogens (tertiary/aromatic N) is 2. The second-order valence-corrected chi connectivity index (χ2v) is 6.31. The lowest BCUT2D eigenvalue weighted by atomic mass is 10.0. The van der Waals surface area contributed by atoms with E-state index in [9.17, 15) is 18.4 Å². The van der Waals surface area contributed by atoms with Crippen molar-refractivity contribution in [3.05, 3.63) is 52.5 Å². The lowest BCUT2D eigenvalue weighted by molar-refractivity contribution is -0.117. The standard InChI is InChI=1S/C18H14F2N4O2/c1-8-12(6-21-7-14(8)20)10-2-9-5-22-16(4-15(9)23-17(10)25)24-18(26)11-3-13(11)19/h2,4-7,11,13H,3H2,1H3,(H,23,25)(H,22,24,26). The van der Waals surface area contributed by atoms with Crippen LogP contribution in [0.3, 0.4) is 0 Å². The van der Waals surface area contributed by atoms with Crippen molar-refractivity contribution in [2.75, 3.05) is 5.32 Å². The second kappa shape index (κ2) is 5.98. The zero-order valence-electron chi connectivity index (χ0n) is 13.7. The van der Waals surface area contributed by atoms with Gasteiger partial charge in [-0.25, -0.2) is 13.8 Å². The molecule has 3 heterocycles. The molecule has 6 nitrogen and oxygen atoms in total. The number of carbonyl (C=O) groups is 1. The third kappa shape index (κ3) is 2.83. The first-order chi connectivity index (χ1) is 12.4. The van der Waals surface area contributed by atoms with Crippen molar-refractivity contribution in [2.24, 2.45) is 5.92 Å². The number of hydrogen-bond acceptors (Lipinski definition) is 4. The van der Waals surface area contributed by atoms with Crippen molar-refractivity contribution in [2.45, 2.75) is 19.5 Å². The van der Waals surface area contributed by atoms with Crippen LogP contribution in [-0.4, -0.2) is 27.0 Å². The summed E-state index contributed by atoms with van der Waals surface area (Å²) in [6.45, 7) is 1.57. The van der Waals surface area contributed by atoms with Gasteiger partial charge in [-0.1, -0.05) is 0 Å². The number of alkyl halides is 1. The van der Waals surface area contributed by atoms with Crippen LogP contribution >= 0.6 is 0 Å². The highest BCUT2D eigenvalue weighted by atomic mass is 19.1. The third-order valence-corrected chi connectivity index (χ3v) is 4.47. The van der Waals surface area contributed by atoms with Crippen LogP contribution in [0.1, 0.15) is 12.0 Å². The van der Waals surface area contributed by atoms with Crippen molar-refractivity contribution < 1.29 is 13.6 Å². The van der Waals surface area contributed by atoms with E-state index in [0.717, 1.165) is 6.20 Å². The summed E-state index contributed by atoms with van der Waals surface area (Å²) in [5, 5.41) is 3.14. The van der Waals surface area contributed by atoms with Gasteiger partial charge in [-0.2, -0.15) is 0 Å². The molecule has 3 aromatic heterocycles. The number of H-pyrrole nitrogens is 1. The lowest BCUT2D eigenvalue weighted by Crippen LogP contribution is -2.16. The number of anilines is 1. The van der Waals surface area contributed by atoms with Gasteiger partial charge in [0.2, 0.25) is 5.91 Å². The highest BCUT2D eigenvalue weighted by Crippen LogP contribution is 2.34. The normalized spacial score (nSPS) is 18.7. The Morgan fingerprint density at radius 2 is 2.04 bits per heavy atom. The van der Waals surface area contributed by atoms with Crippen LogP contribution in [-0.2, 0) is 4.79 Å². The minimum atomic E-state index is -1.10. The van der Waals surface area contributed by atoms with E-state index in [-0.39, 0.29) is 17.8 Å². The largest absolute Gasteiger partial charge is 0.321 e. The first-order valence-electron chi connectivity index (χ1n) is 8.02. The van der Waals surface area contributed by atoms with Gasteiger partial charge in [0.05, 0.1) is 17.6 Å². The predicted molar refractivity (Wildman–Crippen MR) is 91.9 cm³/mol. The van der Waals surface area contributed by atoms with Crippen LogP contribution in [0.4, 0.5) is 14.6 Å². The maximum Gasteiger partial charge on any atom is 0.256 e. The van der Waals surface area contributed by atoms with Crippen molar-refractivity contribution in [1.82, 2.24) is 15.0 Å². The zero-order valence-corrected chi connectivity index (χ0v) is 13.7. The van der Waals surface area contributed by atoms with E-state index < -0.39 is 29.4 Å². The molecule has 26 heavy (non-hydrogen) atoms. The molecule has 2 unspecified atom stereocenters. The van der Waals surface area contributed by atoms with Gasteiger partial charge < -0.3 is 10.3 Å². The second-order valence-electron chi connectivity index (χ2n) is 6.31. The number of nitrogens with one attached hydrogen (secondary N) is 2. The van der Waals surface area contributed by atoms with Gasteiger partial charge in [0.25, 0.3) is 5.56 Å². The number of hydrogen-bond donors (Lipinski definition) is 2. The Labute approximate surface area is 146 Å². The molecule has 0 spiro atoms. The van der Waals surface area contributed by atoms with Crippen molar-refractivity contribution in [3.63, 3.8) is 0 Å². The molecular formula is C18H14F2N4O2. The molecular weight excluding hydrogens is 342 g/mol. The summed E-state index contributed by atoms with van der Waals surface area (Å²) in [5.74, 6) is -1.32. The number of rotatable bonds is 3. The third-order valence-electron chi connectivity index (χ3n) is 4.47. The Hall–Kier alpha value is -3.16. The summed E-state index contributed by atoms with van der Waals surface area (Å²) >= 11 is 0. The quantitative estimate of drug-likeness (QED) is 0.755.